The zero-order valence-electron chi connectivity index (χ0n) is 7.57. The highest BCUT2D eigenvalue weighted by molar-refractivity contribution is 14.1. The molecule has 0 fully saturated rings. The molecule has 0 N–H and O–H groups in total. The number of thioether (sulfide) groups is 1. The molecule has 0 spiro atoms. The molecule has 0 aliphatic rings. The number of rotatable bonds is 4. The molecule has 1 heterocycles. The zero-order valence-corrected chi connectivity index (χ0v) is 10.5. The van der Waals surface area contributed by atoms with Crippen molar-refractivity contribution in [2.45, 2.75) is 11.9 Å². The van der Waals surface area contributed by atoms with E-state index in [1.54, 1.807) is 13.1 Å². The molecule has 0 saturated heterocycles. The van der Waals surface area contributed by atoms with Crippen LogP contribution in [0.4, 0.5) is 0 Å². The summed E-state index contributed by atoms with van der Waals surface area (Å²) in [6, 6.07) is 0. The number of nitrogens with zero attached hydrogens (tertiary/aromatic N) is 2. The molecule has 1 aromatic rings. The van der Waals surface area contributed by atoms with E-state index in [0.717, 1.165) is 8.60 Å². The maximum absolute atomic E-state index is 11.0. The molecule has 0 aromatic carbocycles. The Hall–Kier alpha value is -0.370. The fourth-order valence-electron chi connectivity index (χ4n) is 0.738. The van der Waals surface area contributed by atoms with E-state index < -0.39 is 0 Å². The quantitative estimate of drug-likeness (QED) is 0.365. The molecule has 76 valence electrons. The first kappa shape index (κ1) is 11.7. The lowest BCUT2D eigenvalue weighted by molar-refractivity contribution is -0.139. The Morgan fingerprint density at radius 2 is 2.50 bits per heavy atom. The van der Waals surface area contributed by atoms with Crippen molar-refractivity contribution in [2.24, 2.45) is 0 Å². The van der Waals surface area contributed by atoms with Gasteiger partial charge in [-0.05, 0) is 29.5 Å². The summed E-state index contributed by atoms with van der Waals surface area (Å²) >= 11 is 3.49. The van der Waals surface area contributed by atoms with Crippen molar-refractivity contribution >= 4 is 40.3 Å². The van der Waals surface area contributed by atoms with Crippen molar-refractivity contribution in [3.05, 3.63) is 16.1 Å². The molecule has 4 nitrogen and oxygen atoms in total. The van der Waals surface area contributed by atoms with Gasteiger partial charge in [-0.1, -0.05) is 11.8 Å². The van der Waals surface area contributed by atoms with Crippen LogP contribution in [-0.2, 0) is 9.53 Å². The minimum absolute atomic E-state index is 0.216. The lowest BCUT2D eigenvalue weighted by atomic mass is 10.7. The first-order valence-electron chi connectivity index (χ1n) is 3.98. The molecule has 6 heteroatoms. The lowest BCUT2D eigenvalue weighted by Gasteiger charge is -2.02. The van der Waals surface area contributed by atoms with Crippen molar-refractivity contribution in [1.82, 2.24) is 9.97 Å². The molecule has 1 rings (SSSR count). The van der Waals surface area contributed by atoms with Crippen molar-refractivity contribution in [3.63, 3.8) is 0 Å². The summed E-state index contributed by atoms with van der Waals surface area (Å²) in [6.07, 6.45) is 3.18. The van der Waals surface area contributed by atoms with E-state index in [0.29, 0.717) is 12.4 Å². The number of carbonyl (C=O) groups excluding carboxylic acids is 1. The highest BCUT2D eigenvalue weighted by Gasteiger charge is 2.06. The van der Waals surface area contributed by atoms with Crippen LogP contribution < -0.4 is 0 Å². The predicted molar refractivity (Wildman–Crippen MR) is 62.1 cm³/mol. The number of aromatic nitrogens is 2. The summed E-state index contributed by atoms with van der Waals surface area (Å²) in [4.78, 5) is 18.9. The SMILES string of the molecule is CCOC(=O)CSc1ncncc1I. The van der Waals surface area contributed by atoms with Gasteiger partial charge in [0.2, 0.25) is 0 Å². The third-order valence-electron chi connectivity index (χ3n) is 1.27. The van der Waals surface area contributed by atoms with Gasteiger partial charge in [-0.25, -0.2) is 9.97 Å². The van der Waals surface area contributed by atoms with E-state index in [1.807, 2.05) is 0 Å². The van der Waals surface area contributed by atoms with E-state index in [2.05, 4.69) is 32.6 Å². The van der Waals surface area contributed by atoms with Gasteiger partial charge in [0, 0.05) is 6.20 Å². The van der Waals surface area contributed by atoms with E-state index >= 15 is 0 Å². The summed E-state index contributed by atoms with van der Waals surface area (Å²) in [5.41, 5.74) is 0. The van der Waals surface area contributed by atoms with E-state index in [1.165, 1.54) is 18.1 Å². The first-order chi connectivity index (χ1) is 6.74. The van der Waals surface area contributed by atoms with Crippen LogP contribution in [0.5, 0.6) is 0 Å². The summed E-state index contributed by atoms with van der Waals surface area (Å²) in [7, 11) is 0. The largest absolute Gasteiger partial charge is 0.465 e. The summed E-state index contributed by atoms with van der Waals surface area (Å²) in [6.45, 7) is 2.21. The van der Waals surface area contributed by atoms with Crippen LogP contribution in [-0.4, -0.2) is 28.3 Å². The van der Waals surface area contributed by atoms with Crippen LogP contribution in [0.1, 0.15) is 6.92 Å². The molecule has 0 unspecified atom stereocenters. The molecule has 0 aliphatic carbocycles. The van der Waals surface area contributed by atoms with Gasteiger partial charge in [-0.2, -0.15) is 0 Å². The third-order valence-corrected chi connectivity index (χ3v) is 3.40. The molecular weight excluding hydrogens is 315 g/mol. The number of hydrogen-bond acceptors (Lipinski definition) is 5. The Morgan fingerprint density at radius 1 is 1.71 bits per heavy atom. The van der Waals surface area contributed by atoms with Gasteiger partial charge >= 0.3 is 5.97 Å². The maximum Gasteiger partial charge on any atom is 0.316 e. The zero-order chi connectivity index (χ0) is 10.4. The van der Waals surface area contributed by atoms with Crippen LogP contribution in [0.15, 0.2) is 17.6 Å². The average Bonchev–Trinajstić information content (AvgIpc) is 2.17. The Kier molecular flexibility index (Phi) is 5.16. The Labute approximate surface area is 100.0 Å². The van der Waals surface area contributed by atoms with Crippen LogP contribution in [0.3, 0.4) is 0 Å². The van der Waals surface area contributed by atoms with Gasteiger partial charge in [-0.3, -0.25) is 4.79 Å². The van der Waals surface area contributed by atoms with Gasteiger partial charge in [0.15, 0.2) is 0 Å². The van der Waals surface area contributed by atoms with Gasteiger partial charge in [0.1, 0.15) is 11.4 Å². The Balaban J connectivity index is 2.46. The normalized spacial score (nSPS) is 9.86. The topological polar surface area (TPSA) is 52.1 Å². The predicted octanol–water partition coefficient (Wildman–Crippen LogP) is 1.74. The highest BCUT2D eigenvalue weighted by atomic mass is 127. The number of halogens is 1. The first-order valence-corrected chi connectivity index (χ1v) is 6.04. The number of carbonyl (C=O) groups is 1. The minimum Gasteiger partial charge on any atom is -0.465 e. The summed E-state index contributed by atoms with van der Waals surface area (Å²) in [5, 5.41) is 0.814. The van der Waals surface area contributed by atoms with Crippen LogP contribution >= 0.6 is 34.4 Å². The molecule has 1 aromatic heterocycles. The molecule has 0 aliphatic heterocycles. The third kappa shape index (κ3) is 3.79. The number of hydrogen-bond donors (Lipinski definition) is 0. The van der Waals surface area contributed by atoms with E-state index in [9.17, 15) is 4.79 Å². The molecular formula is C8H9IN2O2S. The van der Waals surface area contributed by atoms with E-state index in [4.69, 9.17) is 4.74 Å². The second-order valence-corrected chi connectivity index (χ2v) is 4.40. The lowest BCUT2D eigenvalue weighted by Crippen LogP contribution is -2.06. The molecule has 14 heavy (non-hydrogen) atoms. The number of ether oxygens (including phenoxy) is 1. The van der Waals surface area contributed by atoms with Crippen LogP contribution in [0.2, 0.25) is 0 Å². The van der Waals surface area contributed by atoms with Gasteiger partial charge in [-0.15, -0.1) is 0 Å². The van der Waals surface area contributed by atoms with Gasteiger partial charge < -0.3 is 4.74 Å². The average molecular weight is 324 g/mol. The Bertz CT molecular complexity index is 322. The second-order valence-electron chi connectivity index (χ2n) is 2.27. The molecule has 0 atom stereocenters. The van der Waals surface area contributed by atoms with Crippen molar-refractivity contribution in [3.8, 4) is 0 Å². The maximum atomic E-state index is 11.0. The standard InChI is InChI=1S/C8H9IN2O2S/c1-2-13-7(12)4-14-8-6(9)3-10-5-11-8/h3,5H,2,4H2,1H3. The Morgan fingerprint density at radius 3 is 3.14 bits per heavy atom. The monoisotopic (exact) mass is 324 g/mol. The van der Waals surface area contributed by atoms with Crippen molar-refractivity contribution < 1.29 is 9.53 Å². The summed E-state index contributed by atoms with van der Waals surface area (Å²) in [5.74, 6) is 0.0767. The van der Waals surface area contributed by atoms with Crippen LogP contribution in [0, 0.1) is 3.57 Å². The van der Waals surface area contributed by atoms with Gasteiger partial charge in [0.05, 0.1) is 15.9 Å². The van der Waals surface area contributed by atoms with Crippen LogP contribution in [0.25, 0.3) is 0 Å². The molecule has 0 saturated carbocycles. The van der Waals surface area contributed by atoms with Crippen molar-refractivity contribution in [1.29, 1.82) is 0 Å². The fourth-order valence-corrected chi connectivity index (χ4v) is 2.15. The smallest absolute Gasteiger partial charge is 0.316 e. The number of esters is 1. The van der Waals surface area contributed by atoms with Gasteiger partial charge in [0.25, 0.3) is 0 Å². The molecule has 0 bridgehead atoms. The second kappa shape index (κ2) is 6.18. The fraction of sp³-hybridized carbons (Fsp3) is 0.375. The minimum atomic E-state index is -0.216. The van der Waals surface area contributed by atoms with Crippen molar-refractivity contribution in [2.75, 3.05) is 12.4 Å². The highest BCUT2D eigenvalue weighted by Crippen LogP contribution is 2.20. The molecule has 0 radical (unpaired) electrons. The summed E-state index contributed by atoms with van der Waals surface area (Å²) < 4.78 is 5.74. The molecule has 0 amide bonds. The van der Waals surface area contributed by atoms with E-state index in [-0.39, 0.29) is 5.97 Å².